The van der Waals surface area contributed by atoms with Crippen molar-refractivity contribution in [2.24, 2.45) is 0 Å². The number of nitrogens with one attached hydrogen (secondary N) is 2. The molecule has 0 saturated heterocycles. The fourth-order valence-corrected chi connectivity index (χ4v) is 1.58. The second-order valence-corrected chi connectivity index (χ2v) is 3.95. The molecule has 0 bridgehead atoms. The molecular formula is C11H15N5O. The van der Waals surface area contributed by atoms with Gasteiger partial charge in [-0.25, -0.2) is 0 Å². The van der Waals surface area contributed by atoms with Crippen molar-refractivity contribution in [2.75, 3.05) is 5.73 Å². The van der Waals surface area contributed by atoms with Crippen molar-refractivity contribution >= 4 is 11.6 Å². The standard InChI is InChI=1S/C11H15N5O/c1-8(7-16-4-2-3-14-16)15-11(17)10-5-9(12)6-13-10/h2-6,8,13H,7,12H2,1H3,(H,15,17). The summed E-state index contributed by atoms with van der Waals surface area (Å²) in [5.41, 5.74) is 6.55. The van der Waals surface area contributed by atoms with E-state index in [-0.39, 0.29) is 11.9 Å². The number of carbonyl (C=O) groups is 1. The largest absolute Gasteiger partial charge is 0.397 e. The predicted octanol–water partition coefficient (Wildman–Crippen LogP) is 0.612. The summed E-state index contributed by atoms with van der Waals surface area (Å²) in [6.07, 6.45) is 5.16. The Morgan fingerprint density at radius 1 is 1.71 bits per heavy atom. The molecule has 6 nitrogen and oxygen atoms in total. The van der Waals surface area contributed by atoms with Crippen LogP contribution in [0.1, 0.15) is 17.4 Å². The number of aromatic amines is 1. The van der Waals surface area contributed by atoms with Crippen molar-refractivity contribution in [3.8, 4) is 0 Å². The first kappa shape index (κ1) is 11.3. The summed E-state index contributed by atoms with van der Waals surface area (Å²) < 4.78 is 1.77. The average molecular weight is 233 g/mol. The third-order valence-electron chi connectivity index (χ3n) is 2.35. The quantitative estimate of drug-likeness (QED) is 0.723. The van der Waals surface area contributed by atoms with Crippen LogP contribution in [0.25, 0.3) is 0 Å². The van der Waals surface area contributed by atoms with Gasteiger partial charge in [-0.15, -0.1) is 0 Å². The Morgan fingerprint density at radius 2 is 2.53 bits per heavy atom. The number of hydrogen-bond acceptors (Lipinski definition) is 3. The van der Waals surface area contributed by atoms with Gasteiger partial charge in [0, 0.05) is 30.3 Å². The van der Waals surface area contributed by atoms with E-state index in [0.717, 1.165) is 0 Å². The number of amides is 1. The van der Waals surface area contributed by atoms with Gasteiger partial charge >= 0.3 is 0 Å². The van der Waals surface area contributed by atoms with Gasteiger partial charge in [0.25, 0.3) is 5.91 Å². The van der Waals surface area contributed by atoms with Crippen LogP contribution in [0.15, 0.2) is 30.7 Å². The van der Waals surface area contributed by atoms with E-state index in [2.05, 4.69) is 15.4 Å². The van der Waals surface area contributed by atoms with Gasteiger partial charge in [0.2, 0.25) is 0 Å². The van der Waals surface area contributed by atoms with E-state index in [1.54, 1.807) is 23.1 Å². The zero-order valence-electron chi connectivity index (χ0n) is 9.55. The lowest BCUT2D eigenvalue weighted by molar-refractivity contribution is 0.0931. The number of nitrogens with zero attached hydrogens (tertiary/aromatic N) is 2. The maximum absolute atomic E-state index is 11.8. The van der Waals surface area contributed by atoms with E-state index >= 15 is 0 Å². The van der Waals surface area contributed by atoms with Crippen molar-refractivity contribution in [3.63, 3.8) is 0 Å². The summed E-state index contributed by atoms with van der Waals surface area (Å²) >= 11 is 0. The molecule has 0 aliphatic heterocycles. The summed E-state index contributed by atoms with van der Waals surface area (Å²) in [4.78, 5) is 14.6. The highest BCUT2D eigenvalue weighted by Gasteiger charge is 2.11. The number of aromatic nitrogens is 3. The van der Waals surface area contributed by atoms with Crippen LogP contribution in [0.5, 0.6) is 0 Å². The third kappa shape index (κ3) is 2.87. The molecule has 4 N–H and O–H groups in total. The lowest BCUT2D eigenvalue weighted by Gasteiger charge is -2.13. The molecular weight excluding hydrogens is 218 g/mol. The van der Waals surface area contributed by atoms with Crippen LogP contribution >= 0.6 is 0 Å². The zero-order valence-corrected chi connectivity index (χ0v) is 9.55. The van der Waals surface area contributed by atoms with Crippen molar-refractivity contribution in [3.05, 3.63) is 36.4 Å². The van der Waals surface area contributed by atoms with Gasteiger partial charge in [-0.2, -0.15) is 5.10 Å². The topological polar surface area (TPSA) is 88.7 Å². The summed E-state index contributed by atoms with van der Waals surface area (Å²) in [6, 6.07) is 3.45. The molecule has 0 aromatic carbocycles. The molecule has 0 spiro atoms. The van der Waals surface area contributed by atoms with Crippen LogP contribution < -0.4 is 11.1 Å². The highest BCUT2D eigenvalue weighted by molar-refractivity contribution is 5.93. The number of carbonyl (C=O) groups excluding carboxylic acids is 1. The molecule has 2 aromatic heterocycles. The van der Waals surface area contributed by atoms with Gasteiger partial charge in [0.1, 0.15) is 5.69 Å². The zero-order chi connectivity index (χ0) is 12.3. The Morgan fingerprint density at radius 3 is 3.12 bits per heavy atom. The molecule has 1 amide bonds. The first-order chi connectivity index (χ1) is 8.15. The third-order valence-corrected chi connectivity index (χ3v) is 2.35. The normalized spacial score (nSPS) is 12.3. The molecule has 0 saturated carbocycles. The van der Waals surface area contributed by atoms with Crippen LogP contribution in [0.4, 0.5) is 5.69 Å². The predicted molar refractivity (Wildman–Crippen MR) is 64.4 cm³/mol. The number of rotatable bonds is 4. The minimum Gasteiger partial charge on any atom is -0.397 e. The summed E-state index contributed by atoms with van der Waals surface area (Å²) in [6.45, 7) is 2.56. The molecule has 6 heteroatoms. The van der Waals surface area contributed by atoms with Crippen molar-refractivity contribution < 1.29 is 4.79 Å². The van der Waals surface area contributed by atoms with Crippen molar-refractivity contribution in [1.82, 2.24) is 20.1 Å². The van der Waals surface area contributed by atoms with E-state index < -0.39 is 0 Å². The Hall–Kier alpha value is -2.24. The van der Waals surface area contributed by atoms with Gasteiger partial charge in [-0.05, 0) is 19.1 Å². The van der Waals surface area contributed by atoms with Gasteiger partial charge < -0.3 is 16.0 Å². The van der Waals surface area contributed by atoms with E-state index in [0.29, 0.717) is 17.9 Å². The molecule has 2 rings (SSSR count). The average Bonchev–Trinajstić information content (AvgIpc) is 2.89. The Bertz CT molecular complexity index is 488. The van der Waals surface area contributed by atoms with Crippen LogP contribution in [0.3, 0.4) is 0 Å². The van der Waals surface area contributed by atoms with E-state index in [1.807, 2.05) is 19.2 Å². The SMILES string of the molecule is CC(Cn1cccn1)NC(=O)c1cc(N)c[nH]1. The van der Waals surface area contributed by atoms with E-state index in [1.165, 1.54) is 0 Å². The number of nitrogen functional groups attached to an aromatic ring is 1. The Kier molecular flexibility index (Phi) is 3.13. The molecule has 0 aliphatic carbocycles. The number of nitrogens with two attached hydrogens (primary N) is 1. The monoisotopic (exact) mass is 233 g/mol. The second-order valence-electron chi connectivity index (χ2n) is 3.95. The lowest BCUT2D eigenvalue weighted by Crippen LogP contribution is -2.35. The maximum Gasteiger partial charge on any atom is 0.268 e. The Labute approximate surface area is 98.8 Å². The lowest BCUT2D eigenvalue weighted by atomic mass is 10.3. The smallest absolute Gasteiger partial charge is 0.268 e. The highest BCUT2D eigenvalue weighted by atomic mass is 16.1. The molecule has 90 valence electrons. The highest BCUT2D eigenvalue weighted by Crippen LogP contribution is 2.04. The van der Waals surface area contributed by atoms with Crippen molar-refractivity contribution in [2.45, 2.75) is 19.5 Å². The molecule has 1 atom stereocenters. The number of anilines is 1. The number of hydrogen-bond donors (Lipinski definition) is 3. The summed E-state index contributed by atoms with van der Waals surface area (Å²) in [5.74, 6) is -0.165. The molecule has 1 unspecified atom stereocenters. The molecule has 2 heterocycles. The molecule has 2 aromatic rings. The fraction of sp³-hybridized carbons (Fsp3) is 0.273. The maximum atomic E-state index is 11.8. The van der Waals surface area contributed by atoms with Crippen LogP contribution in [-0.4, -0.2) is 26.7 Å². The van der Waals surface area contributed by atoms with Crippen LogP contribution in [0, 0.1) is 0 Å². The van der Waals surface area contributed by atoms with Gasteiger partial charge in [0.15, 0.2) is 0 Å². The summed E-state index contributed by atoms with van der Waals surface area (Å²) in [5, 5.41) is 6.94. The van der Waals surface area contributed by atoms with Gasteiger partial charge in [-0.3, -0.25) is 9.48 Å². The second kappa shape index (κ2) is 4.73. The first-order valence-electron chi connectivity index (χ1n) is 5.37. The summed E-state index contributed by atoms with van der Waals surface area (Å²) in [7, 11) is 0. The first-order valence-corrected chi connectivity index (χ1v) is 5.37. The minimum atomic E-state index is -0.165. The van der Waals surface area contributed by atoms with Crippen LogP contribution in [0.2, 0.25) is 0 Å². The number of H-pyrrole nitrogens is 1. The van der Waals surface area contributed by atoms with E-state index in [9.17, 15) is 4.79 Å². The van der Waals surface area contributed by atoms with Crippen LogP contribution in [-0.2, 0) is 6.54 Å². The van der Waals surface area contributed by atoms with Crippen molar-refractivity contribution in [1.29, 1.82) is 0 Å². The molecule has 0 aliphatic rings. The van der Waals surface area contributed by atoms with Gasteiger partial charge in [0.05, 0.1) is 6.54 Å². The van der Waals surface area contributed by atoms with E-state index in [4.69, 9.17) is 5.73 Å². The molecule has 17 heavy (non-hydrogen) atoms. The Balaban J connectivity index is 1.90. The minimum absolute atomic E-state index is 0.00748. The fourth-order valence-electron chi connectivity index (χ4n) is 1.58. The molecule has 0 radical (unpaired) electrons. The van der Waals surface area contributed by atoms with Gasteiger partial charge in [-0.1, -0.05) is 0 Å². The molecule has 0 fully saturated rings.